The Balaban J connectivity index is 2.26. The fourth-order valence-corrected chi connectivity index (χ4v) is 2.58. The molecule has 0 saturated carbocycles. The quantitative estimate of drug-likeness (QED) is 0.776. The lowest BCUT2D eigenvalue weighted by Gasteiger charge is -2.33. The van der Waals surface area contributed by atoms with Crippen LogP contribution in [0.15, 0.2) is 18.2 Å². The van der Waals surface area contributed by atoms with Crippen molar-refractivity contribution in [3.8, 4) is 5.75 Å². The highest BCUT2D eigenvalue weighted by atomic mass is 127. The summed E-state index contributed by atoms with van der Waals surface area (Å²) in [5, 5.41) is 18.8. The van der Waals surface area contributed by atoms with E-state index >= 15 is 0 Å². The van der Waals surface area contributed by atoms with Crippen molar-refractivity contribution in [3.63, 3.8) is 0 Å². The number of hydrogen-bond acceptors (Lipinski definition) is 3. The van der Waals surface area contributed by atoms with Crippen molar-refractivity contribution in [1.82, 2.24) is 4.90 Å². The highest BCUT2D eigenvalue weighted by Gasteiger charge is 2.32. The third-order valence-electron chi connectivity index (χ3n) is 3.24. The Bertz CT molecular complexity index is 517. The molecule has 0 spiro atoms. The molecule has 1 fully saturated rings. The van der Waals surface area contributed by atoms with Gasteiger partial charge in [-0.2, -0.15) is 0 Å². The Kier molecular flexibility index (Phi) is 4.28. The van der Waals surface area contributed by atoms with E-state index in [0.717, 1.165) is 12.8 Å². The molecule has 5 nitrogen and oxygen atoms in total. The third kappa shape index (κ3) is 2.99. The van der Waals surface area contributed by atoms with Crippen LogP contribution in [0.2, 0.25) is 0 Å². The van der Waals surface area contributed by atoms with E-state index in [1.165, 1.54) is 11.0 Å². The van der Waals surface area contributed by atoms with Crippen LogP contribution in [-0.4, -0.2) is 39.6 Å². The number of aliphatic carboxylic acids is 1. The molecule has 6 heteroatoms. The monoisotopic (exact) mass is 375 g/mol. The number of likely N-dealkylation sites (tertiary alicyclic amines) is 1. The first-order chi connectivity index (χ1) is 9.00. The van der Waals surface area contributed by atoms with Crippen LogP contribution in [-0.2, 0) is 4.79 Å². The van der Waals surface area contributed by atoms with E-state index < -0.39 is 12.0 Å². The van der Waals surface area contributed by atoms with E-state index in [9.17, 15) is 14.7 Å². The fourth-order valence-electron chi connectivity index (χ4n) is 2.24. The maximum atomic E-state index is 12.3. The molecule has 0 aromatic heterocycles. The van der Waals surface area contributed by atoms with Gasteiger partial charge < -0.3 is 15.1 Å². The second kappa shape index (κ2) is 5.77. The summed E-state index contributed by atoms with van der Waals surface area (Å²) in [4.78, 5) is 24.9. The Hall–Kier alpha value is -1.31. The lowest BCUT2D eigenvalue weighted by molar-refractivity contribution is -0.143. The molecule has 1 aliphatic heterocycles. The van der Waals surface area contributed by atoms with Gasteiger partial charge in [0, 0.05) is 12.1 Å². The summed E-state index contributed by atoms with van der Waals surface area (Å²) in [6, 6.07) is 3.88. The molecule has 1 atom stereocenters. The molecular weight excluding hydrogens is 361 g/mol. The lowest BCUT2D eigenvalue weighted by atomic mass is 10.0. The SMILES string of the molecule is O=C(O)[C@@H]1CCCCN1C(=O)c1ccc(I)c(O)c1. The van der Waals surface area contributed by atoms with Gasteiger partial charge in [0.2, 0.25) is 0 Å². The Morgan fingerprint density at radius 3 is 2.68 bits per heavy atom. The van der Waals surface area contributed by atoms with Crippen LogP contribution in [0.5, 0.6) is 5.75 Å². The summed E-state index contributed by atoms with van der Waals surface area (Å²) in [5.74, 6) is -1.27. The Labute approximate surface area is 124 Å². The van der Waals surface area contributed by atoms with Crippen LogP contribution in [0, 0.1) is 3.57 Å². The van der Waals surface area contributed by atoms with Crippen LogP contribution in [0.3, 0.4) is 0 Å². The number of phenols is 1. The molecule has 1 saturated heterocycles. The van der Waals surface area contributed by atoms with Gasteiger partial charge in [-0.15, -0.1) is 0 Å². The minimum absolute atomic E-state index is 0.0373. The first-order valence-corrected chi connectivity index (χ1v) is 7.11. The number of hydrogen-bond donors (Lipinski definition) is 2. The minimum atomic E-state index is -0.970. The van der Waals surface area contributed by atoms with Gasteiger partial charge >= 0.3 is 5.97 Å². The van der Waals surface area contributed by atoms with Crippen LogP contribution in [0.4, 0.5) is 0 Å². The summed E-state index contributed by atoms with van der Waals surface area (Å²) < 4.78 is 0.655. The Morgan fingerprint density at radius 2 is 2.05 bits per heavy atom. The molecule has 1 aromatic rings. The number of benzene rings is 1. The number of aromatic hydroxyl groups is 1. The van der Waals surface area contributed by atoms with Gasteiger partial charge in [-0.3, -0.25) is 4.79 Å². The number of halogens is 1. The lowest BCUT2D eigenvalue weighted by Crippen LogP contribution is -2.47. The standard InChI is InChI=1S/C13H14INO4/c14-9-5-4-8(7-11(9)16)12(17)15-6-2-1-3-10(15)13(18)19/h4-5,7,10,16H,1-3,6H2,(H,18,19)/t10-/m0/s1. The molecule has 0 unspecified atom stereocenters. The van der Waals surface area contributed by atoms with Crippen molar-refractivity contribution in [3.05, 3.63) is 27.3 Å². The number of amides is 1. The molecule has 2 N–H and O–H groups in total. The molecule has 1 heterocycles. The van der Waals surface area contributed by atoms with Gasteiger partial charge in [-0.05, 0) is 60.1 Å². The average Bonchev–Trinajstić information content (AvgIpc) is 2.41. The summed E-state index contributed by atoms with van der Waals surface area (Å²) in [6.45, 7) is 0.447. The zero-order valence-electron chi connectivity index (χ0n) is 10.2. The van der Waals surface area contributed by atoms with Crippen molar-refractivity contribution in [1.29, 1.82) is 0 Å². The Morgan fingerprint density at radius 1 is 1.32 bits per heavy atom. The predicted molar refractivity (Wildman–Crippen MR) is 77.1 cm³/mol. The fraction of sp³-hybridized carbons (Fsp3) is 0.385. The van der Waals surface area contributed by atoms with Crippen LogP contribution in [0.25, 0.3) is 0 Å². The number of piperidine rings is 1. The normalized spacial score (nSPS) is 19.2. The molecule has 0 radical (unpaired) electrons. The third-order valence-corrected chi connectivity index (χ3v) is 4.15. The van der Waals surface area contributed by atoms with Crippen molar-refractivity contribution in [2.75, 3.05) is 6.54 Å². The average molecular weight is 375 g/mol. The van der Waals surface area contributed by atoms with Gasteiger partial charge in [-0.25, -0.2) is 4.79 Å². The van der Waals surface area contributed by atoms with Crippen molar-refractivity contribution in [2.24, 2.45) is 0 Å². The van der Waals surface area contributed by atoms with E-state index in [1.54, 1.807) is 12.1 Å². The molecule has 0 aliphatic carbocycles. The maximum Gasteiger partial charge on any atom is 0.326 e. The van der Waals surface area contributed by atoms with E-state index in [-0.39, 0.29) is 11.7 Å². The predicted octanol–water partition coefficient (Wildman–Crippen LogP) is 2.08. The molecular formula is C13H14INO4. The van der Waals surface area contributed by atoms with E-state index in [2.05, 4.69) is 0 Å². The van der Waals surface area contributed by atoms with Crippen LogP contribution in [0.1, 0.15) is 29.6 Å². The number of rotatable bonds is 2. The van der Waals surface area contributed by atoms with Gasteiger partial charge in [0.25, 0.3) is 5.91 Å². The molecule has 0 bridgehead atoms. The van der Waals surface area contributed by atoms with Gasteiger partial charge in [0.15, 0.2) is 0 Å². The highest BCUT2D eigenvalue weighted by Crippen LogP contribution is 2.24. The van der Waals surface area contributed by atoms with Crippen molar-refractivity contribution in [2.45, 2.75) is 25.3 Å². The highest BCUT2D eigenvalue weighted by molar-refractivity contribution is 14.1. The van der Waals surface area contributed by atoms with Gasteiger partial charge in [0.05, 0.1) is 3.57 Å². The number of carboxylic acids is 1. The number of carbonyl (C=O) groups is 2. The zero-order chi connectivity index (χ0) is 14.0. The first kappa shape index (κ1) is 14.1. The first-order valence-electron chi connectivity index (χ1n) is 6.03. The van der Waals surface area contributed by atoms with E-state index in [1.807, 2.05) is 22.6 Å². The summed E-state index contributed by atoms with van der Waals surface area (Å²) >= 11 is 1.96. The number of phenolic OH excluding ortho intramolecular Hbond substituents is 1. The molecule has 2 rings (SSSR count). The van der Waals surface area contributed by atoms with Crippen molar-refractivity contribution < 1.29 is 19.8 Å². The van der Waals surface area contributed by atoms with E-state index in [4.69, 9.17) is 5.11 Å². The maximum absolute atomic E-state index is 12.3. The molecule has 1 amide bonds. The number of carboxylic acid groups (broad SMARTS) is 1. The zero-order valence-corrected chi connectivity index (χ0v) is 12.3. The largest absolute Gasteiger partial charge is 0.507 e. The number of nitrogens with zero attached hydrogens (tertiary/aromatic N) is 1. The molecule has 102 valence electrons. The summed E-state index contributed by atoms with van der Waals surface area (Å²) in [6.07, 6.45) is 2.11. The molecule has 19 heavy (non-hydrogen) atoms. The van der Waals surface area contributed by atoms with E-state index in [0.29, 0.717) is 22.1 Å². The van der Waals surface area contributed by atoms with Crippen LogP contribution < -0.4 is 0 Å². The summed E-state index contributed by atoms with van der Waals surface area (Å²) in [5.41, 5.74) is 0.325. The second-order valence-electron chi connectivity index (χ2n) is 4.51. The minimum Gasteiger partial charge on any atom is -0.507 e. The molecule has 1 aromatic carbocycles. The van der Waals surface area contributed by atoms with Crippen molar-refractivity contribution >= 4 is 34.5 Å². The van der Waals surface area contributed by atoms with Crippen LogP contribution >= 0.6 is 22.6 Å². The van der Waals surface area contributed by atoms with Gasteiger partial charge in [-0.1, -0.05) is 0 Å². The second-order valence-corrected chi connectivity index (χ2v) is 5.68. The number of carbonyl (C=O) groups excluding carboxylic acids is 1. The van der Waals surface area contributed by atoms with Gasteiger partial charge in [0.1, 0.15) is 11.8 Å². The smallest absolute Gasteiger partial charge is 0.326 e. The topological polar surface area (TPSA) is 77.8 Å². The molecule has 1 aliphatic rings. The summed E-state index contributed by atoms with van der Waals surface area (Å²) in [7, 11) is 0.